The average Bonchev–Trinajstić information content (AvgIpc) is 2.92. The van der Waals surface area contributed by atoms with Crippen LogP contribution in [0.5, 0.6) is 0 Å². The third-order valence-electron chi connectivity index (χ3n) is 3.01. The molecule has 0 unspecified atom stereocenters. The third-order valence-corrected chi connectivity index (χ3v) is 3.01. The summed E-state index contributed by atoms with van der Waals surface area (Å²) in [5.74, 6) is 0.0454. The van der Waals surface area contributed by atoms with Crippen LogP contribution in [0.15, 0.2) is 36.9 Å². The Balaban J connectivity index is 1.68. The molecular formula is C14H18N4O. The van der Waals surface area contributed by atoms with Crippen molar-refractivity contribution in [2.24, 2.45) is 0 Å². The molecule has 0 aliphatic heterocycles. The number of carbonyl (C=O) groups excluding carboxylic acids is 1. The lowest BCUT2D eigenvalue weighted by molar-refractivity contribution is -0.121. The number of rotatable bonds is 6. The van der Waals surface area contributed by atoms with Crippen LogP contribution in [-0.2, 0) is 17.8 Å². The lowest BCUT2D eigenvalue weighted by Crippen LogP contribution is -2.26. The molecule has 19 heavy (non-hydrogen) atoms. The molecule has 1 heterocycles. The van der Waals surface area contributed by atoms with Gasteiger partial charge in [0.15, 0.2) is 0 Å². The Hall–Kier alpha value is -2.17. The Kier molecular flexibility index (Phi) is 4.66. The number of nitrogens with zero attached hydrogens (tertiary/aromatic N) is 3. The van der Waals surface area contributed by atoms with Gasteiger partial charge in [-0.2, -0.15) is 5.10 Å². The summed E-state index contributed by atoms with van der Waals surface area (Å²) in [5.41, 5.74) is 2.54. The number of aryl methyl sites for hydroxylation is 2. The summed E-state index contributed by atoms with van der Waals surface area (Å²) < 4.78 is 1.65. The molecule has 0 atom stereocenters. The Bertz CT molecular complexity index is 522. The van der Waals surface area contributed by atoms with Gasteiger partial charge in [0.05, 0.1) is 6.54 Å². The summed E-state index contributed by atoms with van der Waals surface area (Å²) in [6.07, 6.45) is 4.37. The molecule has 0 saturated carbocycles. The van der Waals surface area contributed by atoms with Gasteiger partial charge >= 0.3 is 0 Å². The van der Waals surface area contributed by atoms with E-state index in [1.54, 1.807) is 11.0 Å². The van der Waals surface area contributed by atoms with Gasteiger partial charge in [-0.3, -0.25) is 9.48 Å². The molecule has 1 amide bonds. The van der Waals surface area contributed by atoms with E-state index < -0.39 is 0 Å². The van der Waals surface area contributed by atoms with Crippen LogP contribution in [0.3, 0.4) is 0 Å². The monoisotopic (exact) mass is 258 g/mol. The van der Waals surface area contributed by atoms with Crippen molar-refractivity contribution in [1.29, 1.82) is 0 Å². The molecular weight excluding hydrogens is 240 g/mol. The van der Waals surface area contributed by atoms with Crippen LogP contribution in [0.25, 0.3) is 0 Å². The summed E-state index contributed by atoms with van der Waals surface area (Å²) in [7, 11) is 0. The van der Waals surface area contributed by atoms with Crippen molar-refractivity contribution in [3.8, 4) is 0 Å². The molecule has 0 radical (unpaired) electrons. The van der Waals surface area contributed by atoms with E-state index in [0.29, 0.717) is 19.5 Å². The first-order valence-electron chi connectivity index (χ1n) is 6.39. The van der Waals surface area contributed by atoms with Gasteiger partial charge < -0.3 is 5.32 Å². The molecule has 0 fully saturated rings. The zero-order chi connectivity index (χ0) is 13.5. The summed E-state index contributed by atoms with van der Waals surface area (Å²) in [4.78, 5) is 15.5. The van der Waals surface area contributed by atoms with Crippen LogP contribution in [0.2, 0.25) is 0 Å². The minimum atomic E-state index is 0.0454. The van der Waals surface area contributed by atoms with E-state index in [1.807, 2.05) is 12.1 Å². The van der Waals surface area contributed by atoms with Crippen LogP contribution < -0.4 is 5.32 Å². The van der Waals surface area contributed by atoms with Crippen molar-refractivity contribution in [2.75, 3.05) is 6.54 Å². The predicted octanol–water partition coefficient (Wildman–Crippen LogP) is 1.34. The molecule has 1 aromatic heterocycles. The maximum atomic E-state index is 11.6. The van der Waals surface area contributed by atoms with Crippen LogP contribution >= 0.6 is 0 Å². The second-order valence-corrected chi connectivity index (χ2v) is 4.43. The zero-order valence-corrected chi connectivity index (χ0v) is 11.0. The fourth-order valence-corrected chi connectivity index (χ4v) is 1.88. The largest absolute Gasteiger partial charge is 0.356 e. The van der Waals surface area contributed by atoms with Gasteiger partial charge in [0.2, 0.25) is 5.91 Å². The number of aromatic nitrogens is 3. The highest BCUT2D eigenvalue weighted by Crippen LogP contribution is 2.06. The Labute approximate surface area is 112 Å². The van der Waals surface area contributed by atoms with E-state index >= 15 is 0 Å². The number of benzene rings is 1. The highest BCUT2D eigenvalue weighted by Gasteiger charge is 2.02. The summed E-state index contributed by atoms with van der Waals surface area (Å²) in [5, 5.41) is 6.87. The lowest BCUT2D eigenvalue weighted by atomic mass is 10.1. The van der Waals surface area contributed by atoms with Gasteiger partial charge in [-0.1, -0.05) is 24.3 Å². The van der Waals surface area contributed by atoms with Gasteiger partial charge in [0.1, 0.15) is 12.7 Å². The van der Waals surface area contributed by atoms with Gasteiger partial charge in [-0.05, 0) is 24.5 Å². The number of nitrogens with one attached hydrogen (secondary N) is 1. The van der Waals surface area contributed by atoms with Crippen molar-refractivity contribution < 1.29 is 4.79 Å². The standard InChI is InChI=1S/C14H18N4O/c1-12-4-2-3-5-13(12)6-8-16-14(19)7-9-18-11-15-10-17-18/h2-5,10-11H,6-9H2,1H3,(H,16,19). The van der Waals surface area contributed by atoms with Crippen molar-refractivity contribution in [1.82, 2.24) is 20.1 Å². The molecule has 0 bridgehead atoms. The van der Waals surface area contributed by atoms with E-state index in [1.165, 1.54) is 17.5 Å². The van der Waals surface area contributed by atoms with Gasteiger partial charge in [-0.25, -0.2) is 4.98 Å². The molecule has 0 aliphatic rings. The van der Waals surface area contributed by atoms with Crippen molar-refractivity contribution in [3.05, 3.63) is 48.0 Å². The fourth-order valence-electron chi connectivity index (χ4n) is 1.88. The average molecular weight is 258 g/mol. The fraction of sp³-hybridized carbons (Fsp3) is 0.357. The normalized spacial score (nSPS) is 10.4. The molecule has 0 saturated heterocycles. The maximum Gasteiger partial charge on any atom is 0.221 e. The Morgan fingerprint density at radius 2 is 2.21 bits per heavy atom. The summed E-state index contributed by atoms with van der Waals surface area (Å²) >= 11 is 0. The number of amides is 1. The minimum Gasteiger partial charge on any atom is -0.356 e. The van der Waals surface area contributed by atoms with Crippen molar-refractivity contribution >= 4 is 5.91 Å². The number of hydrogen-bond donors (Lipinski definition) is 1. The predicted molar refractivity (Wildman–Crippen MR) is 72.5 cm³/mol. The highest BCUT2D eigenvalue weighted by atomic mass is 16.1. The van der Waals surface area contributed by atoms with E-state index in [4.69, 9.17) is 0 Å². The first kappa shape index (κ1) is 13.3. The summed E-state index contributed by atoms with van der Waals surface area (Å²) in [6, 6.07) is 8.23. The second kappa shape index (κ2) is 6.68. The highest BCUT2D eigenvalue weighted by molar-refractivity contribution is 5.75. The first-order valence-corrected chi connectivity index (χ1v) is 6.39. The molecule has 2 rings (SSSR count). The second-order valence-electron chi connectivity index (χ2n) is 4.43. The minimum absolute atomic E-state index is 0.0454. The smallest absolute Gasteiger partial charge is 0.221 e. The molecule has 5 heteroatoms. The molecule has 2 aromatic rings. The van der Waals surface area contributed by atoms with Crippen LogP contribution in [-0.4, -0.2) is 27.2 Å². The number of carbonyl (C=O) groups is 1. The first-order chi connectivity index (χ1) is 9.25. The van der Waals surface area contributed by atoms with Crippen molar-refractivity contribution in [2.45, 2.75) is 26.3 Å². The van der Waals surface area contributed by atoms with Crippen LogP contribution in [0.1, 0.15) is 17.5 Å². The van der Waals surface area contributed by atoms with E-state index in [9.17, 15) is 4.79 Å². The quantitative estimate of drug-likeness (QED) is 0.850. The van der Waals surface area contributed by atoms with Gasteiger partial charge in [-0.15, -0.1) is 0 Å². The zero-order valence-electron chi connectivity index (χ0n) is 11.0. The van der Waals surface area contributed by atoms with E-state index in [2.05, 4.69) is 34.5 Å². The topological polar surface area (TPSA) is 59.8 Å². The lowest BCUT2D eigenvalue weighted by Gasteiger charge is -2.07. The molecule has 100 valence electrons. The Morgan fingerprint density at radius 1 is 1.37 bits per heavy atom. The van der Waals surface area contributed by atoms with Crippen LogP contribution in [0.4, 0.5) is 0 Å². The SMILES string of the molecule is Cc1ccccc1CCNC(=O)CCn1cncn1. The van der Waals surface area contributed by atoms with Crippen LogP contribution in [0, 0.1) is 6.92 Å². The molecule has 1 N–H and O–H groups in total. The molecule has 1 aromatic carbocycles. The van der Waals surface area contributed by atoms with Gasteiger partial charge in [0, 0.05) is 13.0 Å². The maximum absolute atomic E-state index is 11.6. The third kappa shape index (κ3) is 4.21. The van der Waals surface area contributed by atoms with Crippen molar-refractivity contribution in [3.63, 3.8) is 0 Å². The molecule has 0 aliphatic carbocycles. The van der Waals surface area contributed by atoms with Gasteiger partial charge in [0.25, 0.3) is 0 Å². The van der Waals surface area contributed by atoms with E-state index in [0.717, 1.165) is 6.42 Å². The molecule has 5 nitrogen and oxygen atoms in total. The number of hydrogen-bond acceptors (Lipinski definition) is 3. The molecule has 0 spiro atoms. The Morgan fingerprint density at radius 3 is 2.95 bits per heavy atom. The van der Waals surface area contributed by atoms with E-state index in [-0.39, 0.29) is 5.91 Å². The summed E-state index contributed by atoms with van der Waals surface area (Å²) in [6.45, 7) is 3.32.